The van der Waals surface area contributed by atoms with Crippen LogP contribution < -0.4 is 14.4 Å². The Balaban J connectivity index is 2.04. The minimum absolute atomic E-state index is 0.00763. The lowest BCUT2D eigenvalue weighted by Crippen LogP contribution is -2.47. The predicted octanol–water partition coefficient (Wildman–Crippen LogP) is 2.35. The molecule has 0 aliphatic carbocycles. The van der Waals surface area contributed by atoms with Gasteiger partial charge in [-0.05, 0) is 23.9 Å². The number of amides is 2. The Morgan fingerprint density at radius 1 is 1.32 bits per heavy atom. The van der Waals surface area contributed by atoms with Crippen LogP contribution in [0.1, 0.15) is 22.0 Å². The Labute approximate surface area is 179 Å². The second-order valence-corrected chi connectivity index (χ2v) is 7.24. The van der Waals surface area contributed by atoms with E-state index in [2.05, 4.69) is 15.3 Å². The number of ether oxygens (including phenoxy) is 2. The molecule has 164 valence electrons. The quantitative estimate of drug-likeness (QED) is 0.623. The molecule has 2 aromatic rings. The van der Waals surface area contributed by atoms with E-state index in [0.717, 1.165) is 16.4 Å². The average molecular weight is 454 g/mol. The highest BCUT2D eigenvalue weighted by Gasteiger charge is 2.44. The Hall–Kier alpha value is -3.33. The van der Waals surface area contributed by atoms with Crippen molar-refractivity contribution < 1.29 is 32.2 Å². The van der Waals surface area contributed by atoms with Crippen LogP contribution in [0, 0.1) is 12.3 Å². The molecule has 8 nitrogen and oxygen atoms in total. The number of halogens is 3. The summed E-state index contributed by atoms with van der Waals surface area (Å²) in [5.41, 5.74) is 0.186. The van der Waals surface area contributed by atoms with E-state index >= 15 is 0 Å². The zero-order valence-corrected chi connectivity index (χ0v) is 17.3. The summed E-state index contributed by atoms with van der Waals surface area (Å²) in [4.78, 5) is 31.7. The lowest BCUT2D eigenvalue weighted by molar-refractivity contribution is -0.157. The molecule has 0 spiro atoms. The van der Waals surface area contributed by atoms with Gasteiger partial charge in [0, 0.05) is 24.7 Å². The summed E-state index contributed by atoms with van der Waals surface area (Å²) < 4.78 is 52.9. The van der Waals surface area contributed by atoms with Gasteiger partial charge in [-0.15, -0.1) is 6.42 Å². The molecule has 1 saturated heterocycles. The summed E-state index contributed by atoms with van der Waals surface area (Å²) >= 11 is 0.819. The number of carbonyl (C=O) groups is 2. The Bertz CT molecular complexity index is 1010. The van der Waals surface area contributed by atoms with Gasteiger partial charge in [-0.25, -0.2) is 4.98 Å². The highest BCUT2D eigenvalue weighted by molar-refractivity contribution is 7.06. The standard InChI is InChI=1S/C19H17F3N4O4S/c1-4-15-23-16(24-31-15)18(28)26(11-7-12(29-2)9-13(8-11)30-3)14-5-6-25(17(14)27)10-19(20,21)22/h1,7-9,14H,5-6,10H2,2-3H3. The van der Waals surface area contributed by atoms with Crippen molar-refractivity contribution in [2.45, 2.75) is 18.6 Å². The normalized spacial score (nSPS) is 16.2. The molecule has 1 aromatic carbocycles. The summed E-state index contributed by atoms with van der Waals surface area (Å²) in [5, 5.41) is 0.156. The fraction of sp³-hybridized carbons (Fsp3) is 0.368. The van der Waals surface area contributed by atoms with E-state index in [1.807, 2.05) is 0 Å². The summed E-state index contributed by atoms with van der Waals surface area (Å²) in [7, 11) is 2.80. The summed E-state index contributed by atoms with van der Waals surface area (Å²) in [5.74, 6) is 1.03. The molecule has 12 heteroatoms. The van der Waals surface area contributed by atoms with Crippen LogP contribution in [0.4, 0.5) is 18.9 Å². The Morgan fingerprint density at radius 3 is 2.48 bits per heavy atom. The molecular weight excluding hydrogens is 437 g/mol. The van der Waals surface area contributed by atoms with Gasteiger partial charge in [-0.3, -0.25) is 14.5 Å². The zero-order valence-electron chi connectivity index (χ0n) is 16.5. The summed E-state index contributed by atoms with van der Waals surface area (Å²) in [6.07, 6.45) is 0.714. The number of carbonyl (C=O) groups excluding carboxylic acids is 2. The lowest BCUT2D eigenvalue weighted by atomic mass is 10.1. The molecule has 0 N–H and O–H groups in total. The molecule has 2 heterocycles. The lowest BCUT2D eigenvalue weighted by Gasteiger charge is -2.28. The molecule has 3 rings (SSSR count). The molecule has 1 aliphatic heterocycles. The van der Waals surface area contributed by atoms with Gasteiger partial charge in [-0.1, -0.05) is 0 Å². The van der Waals surface area contributed by atoms with Crippen LogP contribution >= 0.6 is 11.5 Å². The molecule has 0 bridgehead atoms. The molecule has 0 saturated carbocycles. The van der Waals surface area contributed by atoms with Crippen molar-refractivity contribution in [3.05, 3.63) is 29.0 Å². The number of hydrogen-bond acceptors (Lipinski definition) is 7. The van der Waals surface area contributed by atoms with Crippen molar-refractivity contribution in [2.75, 3.05) is 32.2 Å². The van der Waals surface area contributed by atoms with Gasteiger partial charge < -0.3 is 14.4 Å². The highest BCUT2D eigenvalue weighted by atomic mass is 32.1. The molecule has 2 amide bonds. The van der Waals surface area contributed by atoms with Crippen LogP contribution in [0.3, 0.4) is 0 Å². The van der Waals surface area contributed by atoms with Crippen molar-refractivity contribution in [3.63, 3.8) is 0 Å². The van der Waals surface area contributed by atoms with Crippen LogP contribution in [0.5, 0.6) is 11.5 Å². The topological polar surface area (TPSA) is 84.9 Å². The van der Waals surface area contributed by atoms with E-state index in [0.29, 0.717) is 16.4 Å². The van der Waals surface area contributed by atoms with Crippen LogP contribution in [0.25, 0.3) is 0 Å². The molecular formula is C19H17F3N4O4S. The number of anilines is 1. The van der Waals surface area contributed by atoms with E-state index in [-0.39, 0.29) is 29.5 Å². The molecule has 0 radical (unpaired) electrons. The first kappa shape index (κ1) is 22.4. The fourth-order valence-electron chi connectivity index (χ4n) is 3.18. The van der Waals surface area contributed by atoms with Gasteiger partial charge in [0.1, 0.15) is 24.1 Å². The van der Waals surface area contributed by atoms with Gasteiger partial charge >= 0.3 is 6.18 Å². The third kappa shape index (κ3) is 4.88. The number of rotatable bonds is 6. The minimum atomic E-state index is -4.56. The zero-order chi connectivity index (χ0) is 22.8. The van der Waals surface area contributed by atoms with Gasteiger partial charge in [-0.2, -0.15) is 17.5 Å². The smallest absolute Gasteiger partial charge is 0.406 e. The Morgan fingerprint density at radius 2 is 1.97 bits per heavy atom. The fourth-order valence-corrected chi connectivity index (χ4v) is 3.65. The third-order valence-corrected chi connectivity index (χ3v) is 5.17. The average Bonchev–Trinajstić information content (AvgIpc) is 3.35. The summed E-state index contributed by atoms with van der Waals surface area (Å²) in [6, 6.07) is 3.30. The van der Waals surface area contributed by atoms with Crippen molar-refractivity contribution in [1.82, 2.24) is 14.3 Å². The second-order valence-electron chi connectivity index (χ2n) is 6.49. The molecule has 1 aromatic heterocycles. The Kier molecular flexibility index (Phi) is 6.35. The van der Waals surface area contributed by atoms with Gasteiger partial charge in [0.05, 0.1) is 19.9 Å². The van der Waals surface area contributed by atoms with E-state index in [9.17, 15) is 22.8 Å². The van der Waals surface area contributed by atoms with E-state index in [1.165, 1.54) is 26.4 Å². The number of benzene rings is 1. The molecule has 1 aliphatic rings. The van der Waals surface area contributed by atoms with Crippen molar-refractivity contribution in [1.29, 1.82) is 0 Å². The van der Waals surface area contributed by atoms with E-state index < -0.39 is 30.6 Å². The van der Waals surface area contributed by atoms with Gasteiger partial charge in [0.15, 0.2) is 5.01 Å². The van der Waals surface area contributed by atoms with Gasteiger partial charge in [0.25, 0.3) is 5.91 Å². The maximum Gasteiger partial charge on any atom is 0.406 e. The molecule has 1 atom stereocenters. The maximum absolute atomic E-state index is 13.3. The maximum atomic E-state index is 13.3. The number of terminal acetylenes is 1. The predicted molar refractivity (Wildman–Crippen MR) is 105 cm³/mol. The minimum Gasteiger partial charge on any atom is -0.497 e. The number of nitrogens with zero attached hydrogens (tertiary/aromatic N) is 4. The van der Waals surface area contributed by atoms with Crippen LogP contribution in [0.2, 0.25) is 0 Å². The van der Waals surface area contributed by atoms with Crippen molar-refractivity contribution in [3.8, 4) is 23.8 Å². The number of methoxy groups -OCH3 is 2. The van der Waals surface area contributed by atoms with Crippen LogP contribution in [-0.2, 0) is 4.79 Å². The second kappa shape index (κ2) is 8.81. The SMILES string of the molecule is C#Cc1nc(C(=O)N(c2cc(OC)cc(OC)c2)C2CCN(CC(F)(F)F)C2=O)ns1. The van der Waals surface area contributed by atoms with Crippen molar-refractivity contribution in [2.24, 2.45) is 0 Å². The van der Waals surface area contributed by atoms with E-state index in [1.54, 1.807) is 6.07 Å². The summed E-state index contributed by atoms with van der Waals surface area (Å²) in [6.45, 7) is -1.56. The number of alkyl halides is 3. The highest BCUT2D eigenvalue weighted by Crippen LogP contribution is 2.33. The van der Waals surface area contributed by atoms with Gasteiger partial charge in [0.2, 0.25) is 11.7 Å². The number of likely N-dealkylation sites (tertiary alicyclic amines) is 1. The van der Waals surface area contributed by atoms with Crippen molar-refractivity contribution >= 4 is 29.0 Å². The number of aromatic nitrogens is 2. The first-order chi connectivity index (χ1) is 14.7. The largest absolute Gasteiger partial charge is 0.497 e. The first-order valence-electron chi connectivity index (χ1n) is 8.89. The number of hydrogen-bond donors (Lipinski definition) is 0. The molecule has 31 heavy (non-hydrogen) atoms. The third-order valence-electron chi connectivity index (χ3n) is 4.52. The van der Waals surface area contributed by atoms with Crippen LogP contribution in [0.15, 0.2) is 18.2 Å². The molecule has 1 fully saturated rings. The van der Waals surface area contributed by atoms with E-state index in [4.69, 9.17) is 15.9 Å². The first-order valence-corrected chi connectivity index (χ1v) is 9.66. The molecule has 1 unspecified atom stereocenters. The van der Waals surface area contributed by atoms with Crippen LogP contribution in [-0.4, -0.2) is 65.6 Å². The monoisotopic (exact) mass is 454 g/mol.